The second-order valence-electron chi connectivity index (χ2n) is 5.69. The molecule has 0 saturated heterocycles. The smallest absolute Gasteiger partial charge is 0.416 e. The highest BCUT2D eigenvalue weighted by atomic mass is 19.4. The minimum Gasteiger partial charge on any atom is -0.492 e. The highest BCUT2D eigenvalue weighted by Gasteiger charge is 2.31. The molecule has 0 aliphatic rings. The fourth-order valence-electron chi connectivity index (χ4n) is 2.03. The first-order valence-corrected chi connectivity index (χ1v) is 7.87. The molecule has 1 heterocycles. The van der Waals surface area contributed by atoms with Gasteiger partial charge in [0.1, 0.15) is 12.3 Å². The third-order valence-electron chi connectivity index (χ3n) is 3.42. The van der Waals surface area contributed by atoms with E-state index in [4.69, 9.17) is 4.74 Å². The van der Waals surface area contributed by atoms with Crippen LogP contribution in [0.15, 0.2) is 24.4 Å². The summed E-state index contributed by atoms with van der Waals surface area (Å²) in [5, 5.41) is 9.64. The van der Waals surface area contributed by atoms with E-state index in [1.54, 1.807) is 21.0 Å². The van der Waals surface area contributed by atoms with Gasteiger partial charge in [-0.1, -0.05) is 5.21 Å². The molecule has 0 aliphatic heterocycles. The molecule has 0 saturated carbocycles. The largest absolute Gasteiger partial charge is 0.492 e. The van der Waals surface area contributed by atoms with Gasteiger partial charge in [-0.2, -0.15) is 13.2 Å². The Kier molecular flexibility index (Phi) is 6.03. The molecule has 0 spiro atoms. The van der Waals surface area contributed by atoms with E-state index in [0.717, 1.165) is 22.9 Å². The van der Waals surface area contributed by atoms with Gasteiger partial charge < -0.3 is 15.0 Å². The van der Waals surface area contributed by atoms with E-state index in [-0.39, 0.29) is 36.2 Å². The number of amides is 2. The molecule has 0 fully saturated rings. The third-order valence-corrected chi connectivity index (χ3v) is 3.42. The van der Waals surface area contributed by atoms with E-state index < -0.39 is 17.6 Å². The maximum Gasteiger partial charge on any atom is 0.416 e. The molecule has 0 atom stereocenters. The topological polar surface area (TPSA) is 89.4 Å². The molecule has 2 aromatic rings. The van der Waals surface area contributed by atoms with Gasteiger partial charge in [0.25, 0.3) is 5.91 Å². The summed E-state index contributed by atoms with van der Waals surface area (Å²) in [5.41, 5.74) is -1.22. The van der Waals surface area contributed by atoms with E-state index in [9.17, 15) is 22.8 Å². The van der Waals surface area contributed by atoms with Crippen molar-refractivity contribution in [3.63, 3.8) is 0 Å². The van der Waals surface area contributed by atoms with E-state index in [1.807, 2.05) is 0 Å². The molecule has 0 bridgehead atoms. The van der Waals surface area contributed by atoms with E-state index >= 15 is 0 Å². The predicted molar refractivity (Wildman–Crippen MR) is 89.3 cm³/mol. The summed E-state index contributed by atoms with van der Waals surface area (Å²) in [6, 6.07) is 2.78. The lowest BCUT2D eigenvalue weighted by molar-refractivity contribution is -0.137. The van der Waals surface area contributed by atoms with Crippen LogP contribution in [0, 0.1) is 0 Å². The second-order valence-corrected chi connectivity index (χ2v) is 5.69. The Balaban J connectivity index is 2.21. The predicted octanol–water partition coefficient (Wildman–Crippen LogP) is 2.04. The Hall–Kier alpha value is -3.11. The summed E-state index contributed by atoms with van der Waals surface area (Å²) < 4.78 is 45.2. The SMILES string of the molecule is CCOc1ccc(C(F)(F)F)cc1NC(=O)c1cn(CC(=O)N(C)C)nn1. The van der Waals surface area contributed by atoms with Crippen molar-refractivity contribution >= 4 is 17.5 Å². The molecule has 0 unspecified atom stereocenters. The number of alkyl halides is 3. The van der Waals surface area contributed by atoms with Crippen LogP contribution in [0.1, 0.15) is 23.0 Å². The van der Waals surface area contributed by atoms with Crippen LogP contribution in [-0.2, 0) is 17.5 Å². The van der Waals surface area contributed by atoms with Gasteiger partial charge >= 0.3 is 6.18 Å². The fourth-order valence-corrected chi connectivity index (χ4v) is 2.03. The van der Waals surface area contributed by atoms with Gasteiger partial charge in [0, 0.05) is 14.1 Å². The maximum atomic E-state index is 12.9. The number of aromatic nitrogens is 3. The monoisotopic (exact) mass is 385 g/mol. The summed E-state index contributed by atoms with van der Waals surface area (Å²) in [6.45, 7) is 1.74. The number of hydrogen-bond acceptors (Lipinski definition) is 5. The van der Waals surface area contributed by atoms with Gasteiger partial charge in [-0.15, -0.1) is 5.10 Å². The number of ether oxygens (including phenoxy) is 1. The fraction of sp³-hybridized carbons (Fsp3) is 0.375. The lowest BCUT2D eigenvalue weighted by Gasteiger charge is -2.14. The highest BCUT2D eigenvalue weighted by molar-refractivity contribution is 6.03. The van der Waals surface area contributed by atoms with Crippen LogP contribution in [-0.4, -0.2) is 52.4 Å². The molecular formula is C16H18F3N5O3. The summed E-state index contributed by atoms with van der Waals surface area (Å²) in [5.74, 6) is -0.948. The number of nitrogens with zero attached hydrogens (tertiary/aromatic N) is 4. The van der Waals surface area contributed by atoms with Crippen molar-refractivity contribution in [3.8, 4) is 5.75 Å². The number of halogens is 3. The molecule has 2 rings (SSSR count). The maximum absolute atomic E-state index is 12.9. The first kappa shape index (κ1) is 20.2. The quantitative estimate of drug-likeness (QED) is 0.822. The normalized spacial score (nSPS) is 11.2. The zero-order valence-electron chi connectivity index (χ0n) is 14.9. The van der Waals surface area contributed by atoms with E-state index in [2.05, 4.69) is 15.6 Å². The van der Waals surface area contributed by atoms with Crippen molar-refractivity contribution in [2.24, 2.45) is 0 Å². The molecule has 2 amide bonds. The van der Waals surface area contributed by atoms with Gasteiger partial charge in [0.2, 0.25) is 5.91 Å². The molecule has 0 aliphatic carbocycles. The first-order chi connectivity index (χ1) is 12.6. The molecule has 146 valence electrons. The Morgan fingerprint density at radius 2 is 2.00 bits per heavy atom. The molecule has 1 aromatic carbocycles. The lowest BCUT2D eigenvalue weighted by Crippen LogP contribution is -2.26. The van der Waals surface area contributed by atoms with Crippen LogP contribution in [0.4, 0.5) is 18.9 Å². The average Bonchev–Trinajstić information content (AvgIpc) is 3.04. The Labute approximate surface area is 152 Å². The van der Waals surface area contributed by atoms with Crippen molar-refractivity contribution in [2.45, 2.75) is 19.6 Å². The third kappa shape index (κ3) is 5.19. The van der Waals surface area contributed by atoms with E-state index in [1.165, 1.54) is 11.1 Å². The Morgan fingerprint density at radius 1 is 1.30 bits per heavy atom. The van der Waals surface area contributed by atoms with Crippen LogP contribution < -0.4 is 10.1 Å². The van der Waals surface area contributed by atoms with Crippen LogP contribution >= 0.6 is 0 Å². The van der Waals surface area contributed by atoms with Crippen molar-refractivity contribution in [1.29, 1.82) is 0 Å². The number of benzene rings is 1. The van der Waals surface area contributed by atoms with Gasteiger partial charge in [0.05, 0.1) is 24.1 Å². The molecule has 11 heteroatoms. The Morgan fingerprint density at radius 3 is 2.59 bits per heavy atom. The average molecular weight is 385 g/mol. The standard InChI is InChI=1S/C16H18F3N5O3/c1-4-27-13-6-5-10(16(17,18)19)7-11(13)20-15(26)12-8-24(22-21-12)9-14(25)23(2)3/h5-8H,4,9H2,1-3H3,(H,20,26). The molecular weight excluding hydrogens is 367 g/mol. The molecule has 27 heavy (non-hydrogen) atoms. The molecule has 0 radical (unpaired) electrons. The summed E-state index contributed by atoms with van der Waals surface area (Å²) in [4.78, 5) is 25.3. The van der Waals surface area contributed by atoms with Gasteiger partial charge in [-0.3, -0.25) is 9.59 Å². The van der Waals surface area contributed by atoms with Crippen LogP contribution in [0.5, 0.6) is 5.75 Å². The second kappa shape index (κ2) is 8.06. The Bertz CT molecular complexity index is 833. The zero-order valence-corrected chi connectivity index (χ0v) is 14.9. The first-order valence-electron chi connectivity index (χ1n) is 7.87. The molecule has 1 aromatic heterocycles. The van der Waals surface area contributed by atoms with Gasteiger partial charge in [-0.05, 0) is 25.1 Å². The molecule has 8 nitrogen and oxygen atoms in total. The highest BCUT2D eigenvalue weighted by Crippen LogP contribution is 2.35. The molecule has 1 N–H and O–H groups in total. The number of rotatable bonds is 6. The summed E-state index contributed by atoms with van der Waals surface area (Å²) >= 11 is 0. The van der Waals surface area contributed by atoms with Crippen molar-refractivity contribution in [3.05, 3.63) is 35.7 Å². The van der Waals surface area contributed by atoms with Crippen LogP contribution in [0.3, 0.4) is 0 Å². The van der Waals surface area contributed by atoms with Crippen LogP contribution in [0.25, 0.3) is 0 Å². The van der Waals surface area contributed by atoms with Crippen molar-refractivity contribution in [2.75, 3.05) is 26.0 Å². The lowest BCUT2D eigenvalue weighted by atomic mass is 10.1. The number of likely N-dealkylation sites (N-methyl/N-ethyl adjacent to an activating group) is 1. The van der Waals surface area contributed by atoms with E-state index in [0.29, 0.717) is 0 Å². The summed E-state index contributed by atoms with van der Waals surface area (Å²) in [6.07, 6.45) is -3.34. The number of carbonyl (C=O) groups is 2. The van der Waals surface area contributed by atoms with Crippen molar-refractivity contribution < 1.29 is 27.5 Å². The number of hydrogen-bond donors (Lipinski definition) is 1. The minimum atomic E-state index is -4.57. The van der Waals surface area contributed by atoms with Gasteiger partial charge in [0.15, 0.2) is 5.69 Å². The van der Waals surface area contributed by atoms with Crippen molar-refractivity contribution in [1.82, 2.24) is 19.9 Å². The van der Waals surface area contributed by atoms with Gasteiger partial charge in [-0.25, -0.2) is 4.68 Å². The summed E-state index contributed by atoms with van der Waals surface area (Å²) in [7, 11) is 3.13. The number of anilines is 1. The zero-order chi connectivity index (χ0) is 20.2. The number of nitrogens with one attached hydrogen (secondary N) is 1. The minimum absolute atomic E-state index is 0.0917. The number of carbonyl (C=O) groups excluding carboxylic acids is 2. The van der Waals surface area contributed by atoms with Crippen LogP contribution in [0.2, 0.25) is 0 Å².